The Kier molecular flexibility index (Phi) is 6.32. The van der Waals surface area contributed by atoms with Gasteiger partial charge in [0.1, 0.15) is 5.82 Å². The number of unbranched alkanes of at least 4 members (excludes halogenated alkanes) is 5. The van der Waals surface area contributed by atoms with Gasteiger partial charge in [0.05, 0.1) is 0 Å². The molecule has 0 unspecified atom stereocenters. The summed E-state index contributed by atoms with van der Waals surface area (Å²) in [7, 11) is 0. The van der Waals surface area contributed by atoms with E-state index in [9.17, 15) is 4.39 Å². The molecule has 0 radical (unpaired) electrons. The van der Waals surface area contributed by atoms with Gasteiger partial charge < -0.3 is 0 Å². The molecule has 0 saturated heterocycles. The molecule has 0 spiro atoms. The zero-order valence-corrected chi connectivity index (χ0v) is 12.7. The average molecular weight is 286 g/mol. The van der Waals surface area contributed by atoms with Crippen molar-refractivity contribution in [2.45, 2.75) is 51.9 Å². The van der Waals surface area contributed by atoms with Crippen LogP contribution in [-0.4, -0.2) is 9.97 Å². The molecule has 0 N–H and O–H groups in total. The van der Waals surface area contributed by atoms with Gasteiger partial charge in [-0.1, -0.05) is 39.0 Å². The van der Waals surface area contributed by atoms with E-state index in [0.717, 1.165) is 12.0 Å². The lowest BCUT2D eigenvalue weighted by Gasteiger charge is -2.03. The van der Waals surface area contributed by atoms with Crippen molar-refractivity contribution < 1.29 is 4.39 Å². The van der Waals surface area contributed by atoms with Gasteiger partial charge in [-0.2, -0.15) is 0 Å². The summed E-state index contributed by atoms with van der Waals surface area (Å²) < 4.78 is 12.9. The van der Waals surface area contributed by atoms with E-state index in [0.29, 0.717) is 5.82 Å². The molecule has 0 bridgehead atoms. The first kappa shape index (κ1) is 15.6. The molecule has 21 heavy (non-hydrogen) atoms. The third-order valence-electron chi connectivity index (χ3n) is 3.63. The molecule has 2 aromatic rings. The Labute approximate surface area is 126 Å². The van der Waals surface area contributed by atoms with E-state index < -0.39 is 0 Å². The quantitative estimate of drug-likeness (QED) is 0.624. The van der Waals surface area contributed by atoms with Crippen molar-refractivity contribution in [2.24, 2.45) is 0 Å². The molecule has 112 valence electrons. The summed E-state index contributed by atoms with van der Waals surface area (Å²) in [4.78, 5) is 8.75. The third kappa shape index (κ3) is 5.25. The van der Waals surface area contributed by atoms with Crippen LogP contribution in [0.25, 0.3) is 11.4 Å². The Morgan fingerprint density at radius 2 is 1.48 bits per heavy atom. The Morgan fingerprint density at radius 3 is 2.14 bits per heavy atom. The van der Waals surface area contributed by atoms with Crippen molar-refractivity contribution in [2.75, 3.05) is 0 Å². The molecule has 3 heteroatoms. The van der Waals surface area contributed by atoms with Gasteiger partial charge in [0.25, 0.3) is 0 Å². The van der Waals surface area contributed by atoms with Gasteiger partial charge in [-0.05, 0) is 42.7 Å². The second-order valence-corrected chi connectivity index (χ2v) is 5.44. The summed E-state index contributed by atoms with van der Waals surface area (Å²) in [5.41, 5.74) is 2.03. The van der Waals surface area contributed by atoms with Crippen molar-refractivity contribution >= 4 is 0 Å². The molecule has 0 atom stereocenters. The summed E-state index contributed by atoms with van der Waals surface area (Å²) in [5.74, 6) is 0.417. The molecule has 0 aliphatic carbocycles. The van der Waals surface area contributed by atoms with E-state index in [4.69, 9.17) is 0 Å². The molecule has 1 aromatic carbocycles. The minimum atomic E-state index is -0.238. The van der Waals surface area contributed by atoms with E-state index in [1.54, 1.807) is 12.1 Å². The fourth-order valence-electron chi connectivity index (χ4n) is 2.34. The monoisotopic (exact) mass is 286 g/mol. The van der Waals surface area contributed by atoms with E-state index in [2.05, 4.69) is 16.9 Å². The van der Waals surface area contributed by atoms with Crippen LogP contribution in [0.5, 0.6) is 0 Å². The summed E-state index contributed by atoms with van der Waals surface area (Å²) in [6, 6.07) is 6.28. The molecule has 1 aromatic heterocycles. The van der Waals surface area contributed by atoms with Gasteiger partial charge in [0, 0.05) is 18.0 Å². The van der Waals surface area contributed by atoms with Crippen LogP contribution in [0, 0.1) is 5.82 Å². The van der Waals surface area contributed by atoms with Gasteiger partial charge in [0.15, 0.2) is 5.82 Å². The number of rotatable bonds is 8. The topological polar surface area (TPSA) is 25.8 Å². The first-order valence-electron chi connectivity index (χ1n) is 7.86. The Bertz CT molecular complexity index is 520. The van der Waals surface area contributed by atoms with Crippen LogP contribution in [0.2, 0.25) is 0 Å². The van der Waals surface area contributed by atoms with Gasteiger partial charge in [0.2, 0.25) is 0 Å². The van der Waals surface area contributed by atoms with Gasteiger partial charge in [-0.3, -0.25) is 0 Å². The lowest BCUT2D eigenvalue weighted by Crippen LogP contribution is -1.93. The molecular weight excluding hydrogens is 263 g/mol. The highest BCUT2D eigenvalue weighted by atomic mass is 19.1. The summed E-state index contributed by atoms with van der Waals surface area (Å²) in [6.07, 6.45) is 12.6. The van der Waals surface area contributed by atoms with Gasteiger partial charge >= 0.3 is 0 Å². The highest BCUT2D eigenvalue weighted by Crippen LogP contribution is 2.15. The normalized spacial score (nSPS) is 10.8. The summed E-state index contributed by atoms with van der Waals surface area (Å²) in [6.45, 7) is 2.24. The molecule has 2 nitrogen and oxygen atoms in total. The van der Waals surface area contributed by atoms with Crippen molar-refractivity contribution in [1.29, 1.82) is 0 Å². The maximum absolute atomic E-state index is 12.9. The fraction of sp³-hybridized carbons (Fsp3) is 0.444. The lowest BCUT2D eigenvalue weighted by molar-refractivity contribution is 0.607. The molecular formula is C18H23FN2. The van der Waals surface area contributed by atoms with E-state index in [-0.39, 0.29) is 5.82 Å². The van der Waals surface area contributed by atoms with E-state index in [1.807, 2.05) is 12.4 Å². The SMILES string of the molecule is CCCCCCCCc1cnc(-c2ccc(F)cc2)nc1. The molecule has 1 heterocycles. The summed E-state index contributed by atoms with van der Waals surface area (Å²) in [5, 5.41) is 0. The predicted molar refractivity (Wildman–Crippen MR) is 84.5 cm³/mol. The van der Waals surface area contributed by atoms with Crippen molar-refractivity contribution in [3.63, 3.8) is 0 Å². The Hall–Kier alpha value is -1.77. The van der Waals surface area contributed by atoms with Crippen LogP contribution in [0.1, 0.15) is 51.0 Å². The van der Waals surface area contributed by atoms with Crippen LogP contribution in [0.3, 0.4) is 0 Å². The molecule has 0 saturated carbocycles. The largest absolute Gasteiger partial charge is 0.236 e. The first-order chi connectivity index (χ1) is 10.3. The Morgan fingerprint density at radius 1 is 0.857 bits per heavy atom. The van der Waals surface area contributed by atoms with Crippen molar-refractivity contribution in [3.8, 4) is 11.4 Å². The number of aromatic nitrogens is 2. The van der Waals surface area contributed by atoms with Crippen LogP contribution in [0.15, 0.2) is 36.7 Å². The Balaban J connectivity index is 1.80. The number of nitrogens with zero attached hydrogens (tertiary/aromatic N) is 2. The van der Waals surface area contributed by atoms with Crippen LogP contribution in [-0.2, 0) is 6.42 Å². The van der Waals surface area contributed by atoms with Crippen LogP contribution in [0.4, 0.5) is 4.39 Å². The lowest BCUT2D eigenvalue weighted by atomic mass is 10.1. The van der Waals surface area contributed by atoms with E-state index in [1.165, 1.54) is 56.2 Å². The summed E-state index contributed by atoms with van der Waals surface area (Å²) >= 11 is 0. The fourth-order valence-corrected chi connectivity index (χ4v) is 2.34. The number of hydrogen-bond donors (Lipinski definition) is 0. The number of hydrogen-bond acceptors (Lipinski definition) is 2. The maximum atomic E-state index is 12.9. The van der Waals surface area contributed by atoms with E-state index >= 15 is 0 Å². The van der Waals surface area contributed by atoms with Gasteiger partial charge in [-0.25, -0.2) is 14.4 Å². The minimum Gasteiger partial charge on any atom is -0.236 e. The predicted octanol–water partition coefficient (Wildman–Crippen LogP) is 5.19. The van der Waals surface area contributed by atoms with Crippen molar-refractivity contribution in [1.82, 2.24) is 9.97 Å². The molecule has 0 fully saturated rings. The minimum absolute atomic E-state index is 0.238. The standard InChI is InChI=1S/C18H23FN2/c1-2-3-4-5-6-7-8-15-13-20-18(21-14-15)16-9-11-17(19)12-10-16/h9-14H,2-8H2,1H3. The van der Waals surface area contributed by atoms with Crippen LogP contribution < -0.4 is 0 Å². The second-order valence-electron chi connectivity index (χ2n) is 5.44. The smallest absolute Gasteiger partial charge is 0.159 e. The second kappa shape index (κ2) is 8.50. The third-order valence-corrected chi connectivity index (χ3v) is 3.63. The highest BCUT2D eigenvalue weighted by molar-refractivity contribution is 5.54. The first-order valence-corrected chi connectivity index (χ1v) is 7.86. The maximum Gasteiger partial charge on any atom is 0.159 e. The van der Waals surface area contributed by atoms with Crippen molar-refractivity contribution in [3.05, 3.63) is 48.0 Å². The number of benzene rings is 1. The molecule has 0 aliphatic heterocycles. The zero-order chi connectivity index (χ0) is 14.9. The molecule has 0 amide bonds. The highest BCUT2D eigenvalue weighted by Gasteiger charge is 2.02. The zero-order valence-electron chi connectivity index (χ0n) is 12.7. The van der Waals surface area contributed by atoms with Crippen LogP contribution >= 0.6 is 0 Å². The number of aryl methyl sites for hydroxylation is 1. The molecule has 0 aliphatic rings. The average Bonchev–Trinajstić information content (AvgIpc) is 2.52. The van der Waals surface area contributed by atoms with Gasteiger partial charge in [-0.15, -0.1) is 0 Å². The number of halogens is 1. The molecule has 2 rings (SSSR count).